The number of benzene rings is 1. The Morgan fingerprint density at radius 1 is 1.30 bits per heavy atom. The highest BCUT2D eigenvalue weighted by Gasteiger charge is 2.34. The lowest BCUT2D eigenvalue weighted by Crippen LogP contribution is -2.62. The van der Waals surface area contributed by atoms with Gasteiger partial charge in [-0.05, 0) is 51.1 Å². The molecule has 7 nitrogen and oxygen atoms in total. The van der Waals surface area contributed by atoms with Crippen molar-refractivity contribution in [1.29, 1.82) is 0 Å². The smallest absolute Gasteiger partial charge is 0.348 e. The number of rotatable bonds is 5. The molecule has 3 rings (SSSR count). The van der Waals surface area contributed by atoms with Gasteiger partial charge in [0, 0.05) is 6.54 Å². The van der Waals surface area contributed by atoms with E-state index in [1.165, 1.54) is 12.1 Å². The van der Waals surface area contributed by atoms with Crippen molar-refractivity contribution in [3.63, 3.8) is 0 Å². The Kier molecular flexibility index (Phi) is 6.99. The molecule has 10 heteroatoms. The first-order chi connectivity index (χ1) is 14.1. The second kappa shape index (κ2) is 9.32. The number of carbonyl (C=O) groups is 2. The molecular formula is C20H27F3N4O3. The number of alkyl halides is 3. The van der Waals surface area contributed by atoms with Gasteiger partial charge in [-0.25, -0.2) is 0 Å². The highest BCUT2D eigenvalue weighted by Crippen LogP contribution is 2.30. The van der Waals surface area contributed by atoms with Crippen LogP contribution in [0.25, 0.3) is 0 Å². The van der Waals surface area contributed by atoms with Crippen LogP contribution in [-0.2, 0) is 20.5 Å². The quantitative estimate of drug-likeness (QED) is 0.666. The van der Waals surface area contributed by atoms with Gasteiger partial charge in [-0.2, -0.15) is 13.2 Å². The SMILES string of the molecule is CC(NC(=O)C1CC(=O)NC(OC2CCCN(C)C2)N1)c1ccc(C(F)(F)F)cc1. The van der Waals surface area contributed by atoms with Crippen molar-refractivity contribution < 1.29 is 27.5 Å². The fourth-order valence-corrected chi connectivity index (χ4v) is 3.70. The third-order valence-electron chi connectivity index (χ3n) is 5.36. The van der Waals surface area contributed by atoms with Gasteiger partial charge < -0.3 is 20.3 Å². The van der Waals surface area contributed by atoms with E-state index in [1.807, 2.05) is 7.05 Å². The minimum absolute atomic E-state index is 0.0456. The zero-order valence-electron chi connectivity index (χ0n) is 17.0. The number of carbonyl (C=O) groups excluding carboxylic acids is 2. The van der Waals surface area contributed by atoms with E-state index in [-0.39, 0.29) is 18.4 Å². The highest BCUT2D eigenvalue weighted by molar-refractivity contribution is 5.89. The van der Waals surface area contributed by atoms with Gasteiger partial charge >= 0.3 is 6.18 Å². The maximum atomic E-state index is 12.7. The van der Waals surface area contributed by atoms with Crippen molar-refractivity contribution >= 4 is 11.8 Å². The number of hydrogen-bond donors (Lipinski definition) is 3. The summed E-state index contributed by atoms with van der Waals surface area (Å²) in [5, 5.41) is 8.44. The average Bonchev–Trinajstić information content (AvgIpc) is 2.67. The summed E-state index contributed by atoms with van der Waals surface area (Å²) in [6.45, 7) is 3.42. The number of likely N-dealkylation sites (tertiary alicyclic amines) is 1. The van der Waals surface area contributed by atoms with Crippen LogP contribution in [0.2, 0.25) is 0 Å². The predicted molar refractivity (Wildman–Crippen MR) is 103 cm³/mol. The summed E-state index contributed by atoms with van der Waals surface area (Å²) in [5.41, 5.74) is -0.210. The zero-order chi connectivity index (χ0) is 21.9. The molecule has 4 unspecified atom stereocenters. The molecule has 0 saturated carbocycles. The summed E-state index contributed by atoms with van der Waals surface area (Å²) in [4.78, 5) is 26.8. The molecule has 4 atom stereocenters. The van der Waals surface area contributed by atoms with Gasteiger partial charge in [0.1, 0.15) is 0 Å². The number of amides is 2. The maximum absolute atomic E-state index is 12.7. The molecule has 2 fully saturated rings. The topological polar surface area (TPSA) is 82.7 Å². The van der Waals surface area contributed by atoms with E-state index in [0.717, 1.165) is 38.1 Å². The predicted octanol–water partition coefficient (Wildman–Crippen LogP) is 1.76. The number of piperidine rings is 1. The van der Waals surface area contributed by atoms with E-state index in [4.69, 9.17) is 4.74 Å². The Hall–Kier alpha value is -2.17. The molecule has 2 aliphatic rings. The largest absolute Gasteiger partial charge is 0.416 e. The van der Waals surface area contributed by atoms with Crippen LogP contribution in [0.5, 0.6) is 0 Å². The van der Waals surface area contributed by atoms with Gasteiger partial charge in [0.05, 0.1) is 30.2 Å². The second-order valence-corrected chi connectivity index (χ2v) is 7.88. The molecule has 0 bridgehead atoms. The van der Waals surface area contributed by atoms with E-state index in [9.17, 15) is 22.8 Å². The van der Waals surface area contributed by atoms with Crippen LogP contribution in [-0.4, -0.2) is 55.3 Å². The fraction of sp³-hybridized carbons (Fsp3) is 0.600. The van der Waals surface area contributed by atoms with Gasteiger partial charge in [-0.3, -0.25) is 14.9 Å². The van der Waals surface area contributed by atoms with E-state index in [2.05, 4.69) is 20.9 Å². The van der Waals surface area contributed by atoms with E-state index >= 15 is 0 Å². The molecule has 2 aliphatic heterocycles. The lowest BCUT2D eigenvalue weighted by molar-refractivity contribution is -0.144. The molecule has 0 spiro atoms. The number of halogens is 3. The van der Waals surface area contributed by atoms with Crippen LogP contribution in [0.3, 0.4) is 0 Å². The van der Waals surface area contributed by atoms with Gasteiger partial charge in [-0.15, -0.1) is 0 Å². The third-order valence-corrected chi connectivity index (χ3v) is 5.36. The average molecular weight is 428 g/mol. The Labute approximate surface area is 173 Å². The number of ether oxygens (including phenoxy) is 1. The first-order valence-electron chi connectivity index (χ1n) is 9.99. The lowest BCUT2D eigenvalue weighted by Gasteiger charge is -2.36. The molecule has 30 heavy (non-hydrogen) atoms. The maximum Gasteiger partial charge on any atom is 0.416 e. The number of likely N-dealkylation sites (N-methyl/N-ethyl adjacent to an activating group) is 1. The molecular weight excluding hydrogens is 401 g/mol. The van der Waals surface area contributed by atoms with Gasteiger partial charge in [0.25, 0.3) is 0 Å². The molecule has 2 saturated heterocycles. The van der Waals surface area contributed by atoms with E-state index < -0.39 is 36.1 Å². The Bertz CT molecular complexity index is 757. The standard InChI is InChI=1S/C20H27F3N4O3/c1-12(13-5-7-14(8-6-13)20(21,22)23)24-18(29)16-10-17(28)26-19(25-16)30-15-4-3-9-27(2)11-15/h5-8,12,15-16,19,25H,3-4,9-11H2,1-2H3,(H,24,29)(H,26,28). The summed E-state index contributed by atoms with van der Waals surface area (Å²) in [6.07, 6.45) is -3.40. The minimum Gasteiger partial charge on any atom is -0.348 e. The Morgan fingerprint density at radius 2 is 2.00 bits per heavy atom. The molecule has 0 aliphatic carbocycles. The van der Waals surface area contributed by atoms with Crippen LogP contribution in [0.4, 0.5) is 13.2 Å². The summed E-state index contributed by atoms with van der Waals surface area (Å²) in [7, 11) is 2.00. The summed E-state index contributed by atoms with van der Waals surface area (Å²) in [5.74, 6) is -0.711. The third kappa shape index (κ3) is 5.93. The van der Waals surface area contributed by atoms with Crippen LogP contribution in [0.15, 0.2) is 24.3 Å². The van der Waals surface area contributed by atoms with Crippen molar-refractivity contribution in [2.24, 2.45) is 0 Å². The van der Waals surface area contributed by atoms with Crippen molar-refractivity contribution in [2.45, 2.75) is 56.9 Å². The minimum atomic E-state index is -4.41. The molecule has 166 valence electrons. The molecule has 1 aromatic rings. The summed E-state index contributed by atoms with van der Waals surface area (Å²) in [6, 6.07) is 3.32. The zero-order valence-corrected chi connectivity index (χ0v) is 17.0. The number of hydrogen-bond acceptors (Lipinski definition) is 5. The number of nitrogens with one attached hydrogen (secondary N) is 3. The molecule has 3 N–H and O–H groups in total. The second-order valence-electron chi connectivity index (χ2n) is 7.88. The molecule has 0 radical (unpaired) electrons. The molecule has 0 aromatic heterocycles. The monoisotopic (exact) mass is 428 g/mol. The van der Waals surface area contributed by atoms with Crippen LogP contribution in [0.1, 0.15) is 43.4 Å². The van der Waals surface area contributed by atoms with Gasteiger partial charge in [-0.1, -0.05) is 12.1 Å². The summed E-state index contributed by atoms with van der Waals surface area (Å²) >= 11 is 0. The van der Waals surface area contributed by atoms with E-state index in [1.54, 1.807) is 6.92 Å². The lowest BCUT2D eigenvalue weighted by atomic mass is 10.0. The molecule has 2 amide bonds. The first kappa shape index (κ1) is 22.5. The fourth-order valence-electron chi connectivity index (χ4n) is 3.70. The summed E-state index contributed by atoms with van der Waals surface area (Å²) < 4.78 is 44.0. The van der Waals surface area contributed by atoms with E-state index in [0.29, 0.717) is 5.56 Å². The van der Waals surface area contributed by atoms with Crippen LogP contribution < -0.4 is 16.0 Å². The van der Waals surface area contributed by atoms with Crippen LogP contribution in [0, 0.1) is 0 Å². The van der Waals surface area contributed by atoms with Gasteiger partial charge in [0.15, 0.2) is 6.35 Å². The normalized spacial score (nSPS) is 26.7. The highest BCUT2D eigenvalue weighted by atomic mass is 19.4. The van der Waals surface area contributed by atoms with Crippen molar-refractivity contribution in [3.8, 4) is 0 Å². The van der Waals surface area contributed by atoms with Crippen molar-refractivity contribution in [3.05, 3.63) is 35.4 Å². The Balaban J connectivity index is 1.56. The van der Waals surface area contributed by atoms with Crippen LogP contribution >= 0.6 is 0 Å². The molecule has 2 heterocycles. The van der Waals surface area contributed by atoms with Crippen molar-refractivity contribution in [1.82, 2.24) is 20.9 Å². The van der Waals surface area contributed by atoms with Crippen molar-refractivity contribution in [2.75, 3.05) is 20.1 Å². The molecule has 1 aromatic carbocycles. The first-order valence-corrected chi connectivity index (χ1v) is 9.99. The van der Waals surface area contributed by atoms with Gasteiger partial charge in [0.2, 0.25) is 11.8 Å². The Morgan fingerprint density at radius 3 is 2.63 bits per heavy atom. The number of nitrogens with zero attached hydrogens (tertiary/aromatic N) is 1.